The number of rotatable bonds is 7. The molecule has 18 heavy (non-hydrogen) atoms. The van der Waals surface area contributed by atoms with Gasteiger partial charge in [0.25, 0.3) is 5.91 Å². The van der Waals surface area contributed by atoms with Gasteiger partial charge in [-0.15, -0.1) is 0 Å². The van der Waals surface area contributed by atoms with Gasteiger partial charge < -0.3 is 4.74 Å². The fourth-order valence-corrected chi connectivity index (χ4v) is 1.19. The van der Waals surface area contributed by atoms with E-state index >= 15 is 0 Å². The van der Waals surface area contributed by atoms with Crippen LogP contribution >= 0.6 is 0 Å². The van der Waals surface area contributed by atoms with Gasteiger partial charge in [0.1, 0.15) is 12.4 Å². The van der Waals surface area contributed by atoms with Crippen LogP contribution in [0.1, 0.15) is 24.2 Å². The zero-order valence-corrected chi connectivity index (χ0v) is 10.8. The first kappa shape index (κ1) is 14.3. The second kappa shape index (κ2) is 7.50. The smallest absolute Gasteiger partial charge is 0.274 e. The summed E-state index contributed by atoms with van der Waals surface area (Å²) in [5, 5.41) is 0. The molecular weight excluding hydrogens is 230 g/mol. The first-order chi connectivity index (χ1) is 8.63. The molecule has 1 amide bonds. The van der Waals surface area contributed by atoms with E-state index in [1.165, 1.54) is 0 Å². The number of hydroxylamine groups is 1. The molecule has 0 aromatic heterocycles. The van der Waals surface area contributed by atoms with E-state index in [2.05, 4.69) is 12.1 Å². The van der Waals surface area contributed by atoms with E-state index < -0.39 is 0 Å². The molecule has 0 aliphatic rings. The topological polar surface area (TPSA) is 47.6 Å². The summed E-state index contributed by atoms with van der Waals surface area (Å²) in [6, 6.07) is 6.85. The Morgan fingerprint density at radius 3 is 2.61 bits per heavy atom. The standard InChI is InChI=1S/C14H19NO3/c1-4-9-17-13-7-5-12(6-8-13)14(16)15-18-10-11(2)3/h4-8,11H,1,9-10H2,2-3H3,(H,15,16). The SMILES string of the molecule is C=CCOc1ccc(C(=O)NOCC(C)C)cc1. The molecule has 98 valence electrons. The van der Waals surface area contributed by atoms with Crippen molar-refractivity contribution in [1.82, 2.24) is 5.48 Å². The molecule has 1 aromatic rings. The first-order valence-corrected chi connectivity index (χ1v) is 5.89. The molecule has 0 bridgehead atoms. The summed E-state index contributed by atoms with van der Waals surface area (Å²) in [5.74, 6) is 0.820. The van der Waals surface area contributed by atoms with Crippen LogP contribution in [0.4, 0.5) is 0 Å². The normalized spacial score (nSPS) is 10.2. The minimum Gasteiger partial charge on any atom is -0.490 e. The highest BCUT2D eigenvalue weighted by molar-refractivity contribution is 5.93. The van der Waals surface area contributed by atoms with E-state index in [1.807, 2.05) is 13.8 Å². The van der Waals surface area contributed by atoms with Gasteiger partial charge in [0.15, 0.2) is 0 Å². The summed E-state index contributed by atoms with van der Waals surface area (Å²) in [6.45, 7) is 8.53. The van der Waals surface area contributed by atoms with E-state index in [9.17, 15) is 4.79 Å². The molecule has 0 spiro atoms. The van der Waals surface area contributed by atoms with Crippen LogP contribution in [0, 0.1) is 5.92 Å². The minimum atomic E-state index is -0.258. The van der Waals surface area contributed by atoms with E-state index in [-0.39, 0.29) is 5.91 Å². The number of hydrogen-bond donors (Lipinski definition) is 1. The van der Waals surface area contributed by atoms with Gasteiger partial charge >= 0.3 is 0 Å². The van der Waals surface area contributed by atoms with E-state index in [4.69, 9.17) is 9.57 Å². The maximum Gasteiger partial charge on any atom is 0.274 e. The highest BCUT2D eigenvalue weighted by Gasteiger charge is 2.05. The Hall–Kier alpha value is -1.81. The maximum absolute atomic E-state index is 11.7. The largest absolute Gasteiger partial charge is 0.490 e. The average Bonchev–Trinajstić information content (AvgIpc) is 2.36. The van der Waals surface area contributed by atoms with Crippen LogP contribution in [0.2, 0.25) is 0 Å². The van der Waals surface area contributed by atoms with Crippen molar-refractivity contribution < 1.29 is 14.4 Å². The number of amides is 1. The van der Waals surface area contributed by atoms with E-state index in [1.54, 1.807) is 30.3 Å². The van der Waals surface area contributed by atoms with Gasteiger partial charge in [-0.25, -0.2) is 5.48 Å². The van der Waals surface area contributed by atoms with Crippen molar-refractivity contribution >= 4 is 5.91 Å². The number of hydrogen-bond acceptors (Lipinski definition) is 3. The van der Waals surface area contributed by atoms with Gasteiger partial charge in [0, 0.05) is 5.56 Å². The molecule has 0 fully saturated rings. The van der Waals surface area contributed by atoms with Crippen molar-refractivity contribution in [2.24, 2.45) is 5.92 Å². The predicted molar refractivity (Wildman–Crippen MR) is 70.4 cm³/mol. The van der Waals surface area contributed by atoms with Crippen molar-refractivity contribution in [3.8, 4) is 5.75 Å². The summed E-state index contributed by atoms with van der Waals surface area (Å²) in [6.07, 6.45) is 1.67. The molecular formula is C14H19NO3. The Bertz CT molecular complexity index is 385. The fraction of sp³-hybridized carbons (Fsp3) is 0.357. The Labute approximate surface area is 108 Å². The lowest BCUT2D eigenvalue weighted by Crippen LogP contribution is -2.25. The van der Waals surface area contributed by atoms with Gasteiger partial charge in [-0.05, 0) is 30.2 Å². The summed E-state index contributed by atoms with van der Waals surface area (Å²) in [4.78, 5) is 16.7. The maximum atomic E-state index is 11.7. The molecule has 1 N–H and O–H groups in total. The lowest BCUT2D eigenvalue weighted by molar-refractivity contribution is 0.0208. The second-order valence-electron chi connectivity index (χ2n) is 4.26. The quantitative estimate of drug-likeness (QED) is 0.597. The molecule has 0 heterocycles. The molecule has 0 saturated carbocycles. The Morgan fingerprint density at radius 2 is 2.06 bits per heavy atom. The Kier molecular flexibility index (Phi) is 5.94. The number of ether oxygens (including phenoxy) is 1. The van der Waals surface area contributed by atoms with Crippen molar-refractivity contribution in [2.75, 3.05) is 13.2 Å². The summed E-state index contributed by atoms with van der Waals surface area (Å²) in [7, 11) is 0. The molecule has 4 heteroatoms. The third-order valence-electron chi connectivity index (χ3n) is 2.07. The van der Waals surface area contributed by atoms with Crippen LogP contribution in [0.3, 0.4) is 0 Å². The van der Waals surface area contributed by atoms with Crippen molar-refractivity contribution in [3.05, 3.63) is 42.5 Å². The number of carbonyl (C=O) groups excluding carboxylic acids is 1. The molecule has 0 unspecified atom stereocenters. The van der Waals surface area contributed by atoms with Gasteiger partial charge in [-0.2, -0.15) is 0 Å². The summed E-state index contributed by atoms with van der Waals surface area (Å²) >= 11 is 0. The lowest BCUT2D eigenvalue weighted by atomic mass is 10.2. The molecule has 0 atom stereocenters. The fourth-order valence-electron chi connectivity index (χ4n) is 1.19. The van der Waals surface area contributed by atoms with Crippen LogP contribution in [-0.2, 0) is 4.84 Å². The lowest BCUT2D eigenvalue weighted by Gasteiger charge is -2.08. The second-order valence-corrected chi connectivity index (χ2v) is 4.26. The van der Waals surface area contributed by atoms with Gasteiger partial charge in [0.05, 0.1) is 6.61 Å². The monoisotopic (exact) mass is 249 g/mol. The van der Waals surface area contributed by atoms with E-state index in [0.29, 0.717) is 30.4 Å². The molecule has 0 saturated heterocycles. The van der Waals surface area contributed by atoms with E-state index in [0.717, 1.165) is 0 Å². The summed E-state index contributed by atoms with van der Waals surface area (Å²) in [5.41, 5.74) is 2.93. The van der Waals surface area contributed by atoms with Crippen LogP contribution < -0.4 is 10.2 Å². The molecule has 4 nitrogen and oxygen atoms in total. The summed E-state index contributed by atoms with van der Waals surface area (Å²) < 4.78 is 5.32. The third kappa shape index (κ3) is 5.01. The van der Waals surface area contributed by atoms with Crippen LogP contribution in [0.5, 0.6) is 5.75 Å². The highest BCUT2D eigenvalue weighted by atomic mass is 16.6. The number of carbonyl (C=O) groups is 1. The zero-order chi connectivity index (χ0) is 13.4. The van der Waals surface area contributed by atoms with Crippen LogP contribution in [0.15, 0.2) is 36.9 Å². The average molecular weight is 249 g/mol. The Balaban J connectivity index is 2.45. The van der Waals surface area contributed by atoms with Crippen molar-refractivity contribution in [3.63, 3.8) is 0 Å². The first-order valence-electron chi connectivity index (χ1n) is 5.89. The van der Waals surface area contributed by atoms with Gasteiger partial charge in [-0.1, -0.05) is 26.5 Å². The molecule has 0 aliphatic carbocycles. The third-order valence-corrected chi connectivity index (χ3v) is 2.07. The number of benzene rings is 1. The van der Waals surface area contributed by atoms with Gasteiger partial charge in [-0.3, -0.25) is 9.63 Å². The Morgan fingerprint density at radius 1 is 1.39 bits per heavy atom. The number of nitrogens with one attached hydrogen (secondary N) is 1. The minimum absolute atomic E-state index is 0.258. The molecule has 1 aromatic carbocycles. The van der Waals surface area contributed by atoms with Crippen molar-refractivity contribution in [1.29, 1.82) is 0 Å². The molecule has 1 rings (SSSR count). The zero-order valence-electron chi connectivity index (χ0n) is 10.8. The van der Waals surface area contributed by atoms with Crippen LogP contribution in [0.25, 0.3) is 0 Å². The highest BCUT2D eigenvalue weighted by Crippen LogP contribution is 2.12. The van der Waals surface area contributed by atoms with Crippen LogP contribution in [-0.4, -0.2) is 19.1 Å². The molecule has 0 radical (unpaired) electrons. The van der Waals surface area contributed by atoms with Gasteiger partial charge in [0.2, 0.25) is 0 Å². The molecule has 0 aliphatic heterocycles. The van der Waals surface area contributed by atoms with Crippen molar-refractivity contribution in [2.45, 2.75) is 13.8 Å². The predicted octanol–water partition coefficient (Wildman–Crippen LogP) is 2.57.